The molecule has 0 saturated heterocycles. The van der Waals surface area contributed by atoms with Crippen LogP contribution in [-0.4, -0.2) is 5.71 Å². The second-order valence-electron chi connectivity index (χ2n) is 3.41. The normalized spacial score (nSPS) is 10.9. The Morgan fingerprint density at radius 2 is 1.65 bits per heavy atom. The van der Waals surface area contributed by atoms with Gasteiger partial charge in [-0.1, -0.05) is 30.3 Å². The Kier molecular flexibility index (Phi) is 3.27. The lowest BCUT2D eigenvalue weighted by Gasteiger charge is -1.98. The highest BCUT2D eigenvalue weighted by molar-refractivity contribution is 6.12. The smallest absolute Gasteiger partial charge is 0.148 e. The van der Waals surface area contributed by atoms with Gasteiger partial charge in [0.25, 0.3) is 0 Å². The molecule has 0 fully saturated rings. The van der Waals surface area contributed by atoms with Crippen molar-refractivity contribution in [1.82, 2.24) is 0 Å². The van der Waals surface area contributed by atoms with Gasteiger partial charge in [0.15, 0.2) is 0 Å². The molecule has 82 valence electrons. The Morgan fingerprint density at radius 3 is 2.24 bits per heavy atom. The molecule has 0 bridgehead atoms. The molecule has 0 heterocycles. The fraction of sp³-hybridized carbons (Fsp3) is 0. The summed E-state index contributed by atoms with van der Waals surface area (Å²) < 4.78 is 12.7. The van der Waals surface area contributed by atoms with E-state index in [0.717, 1.165) is 5.56 Å². The molecule has 2 aromatic rings. The average molecular weight is 224 g/mol. The lowest BCUT2D eigenvalue weighted by Crippen LogP contribution is -1.95. The van der Waals surface area contributed by atoms with Gasteiger partial charge in [0.2, 0.25) is 0 Å². The number of halogens is 1. The Labute approximate surface area is 98.7 Å². The van der Waals surface area contributed by atoms with Crippen LogP contribution in [-0.2, 0) is 0 Å². The molecule has 0 aliphatic heterocycles. The molecule has 0 aromatic heterocycles. The van der Waals surface area contributed by atoms with Gasteiger partial charge in [0.1, 0.15) is 17.6 Å². The number of rotatable bonds is 2. The van der Waals surface area contributed by atoms with Crippen LogP contribution < -0.4 is 0 Å². The van der Waals surface area contributed by atoms with Gasteiger partial charge in [-0.15, -0.1) is 0 Å². The van der Waals surface area contributed by atoms with Gasteiger partial charge in [-0.25, -0.2) is 9.38 Å². The Hall–Kier alpha value is -2.47. The van der Waals surface area contributed by atoms with E-state index in [4.69, 9.17) is 5.26 Å². The molecule has 2 nitrogen and oxygen atoms in total. The molecule has 0 aliphatic carbocycles. The molecule has 0 spiro atoms. The van der Waals surface area contributed by atoms with Crippen LogP contribution in [0.4, 0.5) is 10.1 Å². The highest BCUT2D eigenvalue weighted by atomic mass is 19.1. The lowest BCUT2D eigenvalue weighted by atomic mass is 10.1. The fourth-order valence-corrected chi connectivity index (χ4v) is 1.39. The topological polar surface area (TPSA) is 36.1 Å². The van der Waals surface area contributed by atoms with Crippen molar-refractivity contribution in [2.45, 2.75) is 0 Å². The number of hydrogen-bond acceptors (Lipinski definition) is 2. The summed E-state index contributed by atoms with van der Waals surface area (Å²) in [5.74, 6) is -0.317. The van der Waals surface area contributed by atoms with Crippen LogP contribution in [0.1, 0.15) is 5.56 Å². The van der Waals surface area contributed by atoms with E-state index in [2.05, 4.69) is 4.99 Å². The first-order valence-electron chi connectivity index (χ1n) is 5.09. The Balaban J connectivity index is 2.37. The van der Waals surface area contributed by atoms with Crippen molar-refractivity contribution in [2.24, 2.45) is 4.99 Å². The predicted octanol–water partition coefficient (Wildman–Crippen LogP) is 3.47. The van der Waals surface area contributed by atoms with Gasteiger partial charge < -0.3 is 0 Å². The van der Waals surface area contributed by atoms with Crippen molar-refractivity contribution in [3.8, 4) is 6.07 Å². The highest BCUT2D eigenvalue weighted by Crippen LogP contribution is 2.14. The summed E-state index contributed by atoms with van der Waals surface area (Å²) in [6, 6.07) is 16.9. The van der Waals surface area contributed by atoms with Gasteiger partial charge >= 0.3 is 0 Å². The van der Waals surface area contributed by atoms with E-state index in [1.807, 2.05) is 36.4 Å². The molecule has 3 heteroatoms. The number of nitrogens with zero attached hydrogens (tertiary/aromatic N) is 2. The zero-order valence-electron chi connectivity index (χ0n) is 8.97. The summed E-state index contributed by atoms with van der Waals surface area (Å²) in [5.41, 5.74) is 1.63. The summed E-state index contributed by atoms with van der Waals surface area (Å²) in [7, 11) is 0. The van der Waals surface area contributed by atoms with Crippen molar-refractivity contribution < 1.29 is 4.39 Å². The van der Waals surface area contributed by atoms with Crippen LogP contribution in [0.2, 0.25) is 0 Å². The SMILES string of the molecule is N#C/C(=N\c1ccc(F)cc1)c1ccccc1. The molecule has 0 atom stereocenters. The van der Waals surface area contributed by atoms with Gasteiger partial charge in [0, 0.05) is 5.56 Å². The summed E-state index contributed by atoms with van der Waals surface area (Å²) in [4.78, 5) is 4.18. The number of hydrogen-bond donors (Lipinski definition) is 0. The molecule has 0 aliphatic rings. The largest absolute Gasteiger partial charge is 0.237 e. The molecule has 0 radical (unpaired) electrons. The minimum absolute atomic E-state index is 0.317. The van der Waals surface area contributed by atoms with Crippen LogP contribution in [0, 0.1) is 17.1 Å². The summed E-state index contributed by atoms with van der Waals surface area (Å²) in [5, 5.41) is 9.04. The fourth-order valence-electron chi connectivity index (χ4n) is 1.39. The maximum absolute atomic E-state index is 12.7. The first-order chi connectivity index (χ1) is 8.29. The Bertz CT molecular complexity index is 565. The number of aliphatic imine (C=N–C) groups is 1. The number of benzene rings is 2. The van der Waals surface area contributed by atoms with E-state index in [0.29, 0.717) is 11.4 Å². The molecular formula is C14H9FN2. The van der Waals surface area contributed by atoms with Gasteiger partial charge in [-0.2, -0.15) is 5.26 Å². The average Bonchev–Trinajstić information content (AvgIpc) is 2.39. The second-order valence-corrected chi connectivity index (χ2v) is 3.41. The standard InChI is InChI=1S/C14H9FN2/c15-12-6-8-13(9-7-12)17-14(10-16)11-4-2-1-3-5-11/h1-9H/b17-14+. The monoisotopic (exact) mass is 224 g/mol. The number of nitriles is 1. The zero-order valence-corrected chi connectivity index (χ0v) is 8.97. The third-order valence-electron chi connectivity index (χ3n) is 2.22. The second kappa shape index (κ2) is 5.04. The van der Waals surface area contributed by atoms with Crippen molar-refractivity contribution in [2.75, 3.05) is 0 Å². The van der Waals surface area contributed by atoms with Crippen molar-refractivity contribution in [3.05, 3.63) is 66.0 Å². The van der Waals surface area contributed by atoms with Crippen LogP contribution in [0.25, 0.3) is 0 Å². The molecule has 17 heavy (non-hydrogen) atoms. The van der Waals surface area contributed by atoms with E-state index in [9.17, 15) is 4.39 Å². The first kappa shape index (κ1) is 11.0. The Morgan fingerprint density at radius 1 is 1.00 bits per heavy atom. The molecule has 2 aromatic carbocycles. The van der Waals surface area contributed by atoms with E-state index in [-0.39, 0.29) is 5.82 Å². The van der Waals surface area contributed by atoms with Crippen LogP contribution in [0.3, 0.4) is 0 Å². The van der Waals surface area contributed by atoms with Crippen LogP contribution >= 0.6 is 0 Å². The molecule has 2 rings (SSSR count). The predicted molar refractivity (Wildman–Crippen MR) is 64.7 cm³/mol. The third-order valence-corrected chi connectivity index (χ3v) is 2.22. The zero-order chi connectivity index (χ0) is 12.1. The molecule has 0 saturated carbocycles. The first-order valence-corrected chi connectivity index (χ1v) is 5.09. The quantitative estimate of drug-likeness (QED) is 0.719. The van der Waals surface area contributed by atoms with Crippen LogP contribution in [0.5, 0.6) is 0 Å². The maximum atomic E-state index is 12.7. The van der Waals surface area contributed by atoms with Gasteiger partial charge in [-0.3, -0.25) is 0 Å². The highest BCUT2D eigenvalue weighted by Gasteiger charge is 2.01. The van der Waals surface area contributed by atoms with Gasteiger partial charge in [-0.05, 0) is 24.3 Å². The lowest BCUT2D eigenvalue weighted by molar-refractivity contribution is 0.628. The minimum atomic E-state index is -0.317. The van der Waals surface area contributed by atoms with E-state index < -0.39 is 0 Å². The van der Waals surface area contributed by atoms with E-state index in [1.165, 1.54) is 24.3 Å². The molecular weight excluding hydrogens is 215 g/mol. The van der Waals surface area contributed by atoms with Crippen LogP contribution in [0.15, 0.2) is 59.6 Å². The molecule has 0 amide bonds. The molecule has 0 unspecified atom stereocenters. The van der Waals surface area contributed by atoms with Crippen molar-refractivity contribution >= 4 is 11.4 Å². The summed E-state index contributed by atoms with van der Waals surface area (Å²) in [6.07, 6.45) is 0. The summed E-state index contributed by atoms with van der Waals surface area (Å²) in [6.45, 7) is 0. The van der Waals surface area contributed by atoms with Gasteiger partial charge in [0.05, 0.1) is 5.69 Å². The third kappa shape index (κ3) is 2.76. The van der Waals surface area contributed by atoms with E-state index in [1.54, 1.807) is 0 Å². The van der Waals surface area contributed by atoms with E-state index >= 15 is 0 Å². The van der Waals surface area contributed by atoms with Crippen molar-refractivity contribution in [1.29, 1.82) is 5.26 Å². The minimum Gasteiger partial charge on any atom is -0.237 e. The molecule has 0 N–H and O–H groups in total. The maximum Gasteiger partial charge on any atom is 0.148 e. The summed E-state index contributed by atoms with van der Waals surface area (Å²) >= 11 is 0. The van der Waals surface area contributed by atoms with Crippen molar-refractivity contribution in [3.63, 3.8) is 0 Å².